The second-order valence-electron chi connectivity index (χ2n) is 4.02. The van der Waals surface area contributed by atoms with Crippen LogP contribution >= 0.6 is 0 Å². The number of nitro benzene ring substituents is 1. The van der Waals surface area contributed by atoms with Crippen molar-refractivity contribution in [1.82, 2.24) is 0 Å². The highest BCUT2D eigenvalue weighted by molar-refractivity contribution is 5.51. The number of para-hydroxylation sites is 1. The van der Waals surface area contributed by atoms with Crippen molar-refractivity contribution in [1.29, 1.82) is 0 Å². The Morgan fingerprint density at radius 1 is 1.50 bits per heavy atom. The summed E-state index contributed by atoms with van der Waals surface area (Å²) >= 11 is 0. The molecule has 0 aliphatic carbocycles. The molecule has 88 valence electrons. The molecule has 1 rings (SSSR count). The molecular formula is C12H17NO3. The van der Waals surface area contributed by atoms with Crippen LogP contribution in [0.15, 0.2) is 18.2 Å². The maximum absolute atomic E-state index is 10.7. The van der Waals surface area contributed by atoms with Crippen LogP contribution < -0.4 is 0 Å². The molecule has 0 aromatic heterocycles. The number of hydrogen-bond acceptors (Lipinski definition) is 3. The van der Waals surface area contributed by atoms with Crippen LogP contribution in [0.25, 0.3) is 0 Å². The first-order chi connectivity index (χ1) is 7.57. The zero-order chi connectivity index (χ0) is 12.1. The third kappa shape index (κ3) is 2.72. The first-order valence-electron chi connectivity index (χ1n) is 5.54. The summed E-state index contributed by atoms with van der Waals surface area (Å²) in [7, 11) is 0. The molecule has 0 heterocycles. The minimum absolute atomic E-state index is 0.153. The first-order valence-corrected chi connectivity index (χ1v) is 5.54. The van der Waals surface area contributed by atoms with Gasteiger partial charge in [-0.3, -0.25) is 10.1 Å². The normalized spacial score (nSPS) is 12.4. The highest BCUT2D eigenvalue weighted by atomic mass is 16.6. The lowest BCUT2D eigenvalue weighted by atomic mass is 9.94. The van der Waals surface area contributed by atoms with Crippen molar-refractivity contribution in [3.63, 3.8) is 0 Å². The van der Waals surface area contributed by atoms with E-state index in [2.05, 4.69) is 6.92 Å². The predicted molar refractivity (Wildman–Crippen MR) is 62.7 cm³/mol. The summed E-state index contributed by atoms with van der Waals surface area (Å²) in [6.07, 6.45) is 3.08. The standard InChI is InChI=1S/C12H17NO3/c1-3-4-6-9(2)10-7-5-8-11(12(10)14)13(15)16/h5,7-9,14H,3-4,6H2,1-2H3. The van der Waals surface area contributed by atoms with E-state index in [4.69, 9.17) is 0 Å². The molecule has 0 spiro atoms. The second kappa shape index (κ2) is 5.49. The number of benzene rings is 1. The molecule has 0 radical (unpaired) electrons. The molecule has 1 N–H and O–H groups in total. The molecule has 0 aliphatic heterocycles. The Labute approximate surface area is 95.1 Å². The average molecular weight is 223 g/mol. The van der Waals surface area contributed by atoms with E-state index in [1.54, 1.807) is 12.1 Å². The van der Waals surface area contributed by atoms with E-state index in [9.17, 15) is 15.2 Å². The summed E-state index contributed by atoms with van der Waals surface area (Å²) in [6, 6.07) is 4.70. The lowest BCUT2D eigenvalue weighted by Gasteiger charge is -2.12. The highest BCUT2D eigenvalue weighted by Crippen LogP contribution is 2.35. The van der Waals surface area contributed by atoms with Crippen molar-refractivity contribution < 1.29 is 10.0 Å². The summed E-state index contributed by atoms with van der Waals surface area (Å²) in [6.45, 7) is 4.08. The summed E-state index contributed by atoms with van der Waals surface area (Å²) in [4.78, 5) is 10.1. The van der Waals surface area contributed by atoms with Crippen molar-refractivity contribution in [3.8, 4) is 5.75 Å². The quantitative estimate of drug-likeness (QED) is 0.612. The molecule has 0 bridgehead atoms. The number of unbranched alkanes of at least 4 members (excludes halogenated alkanes) is 1. The molecule has 4 nitrogen and oxygen atoms in total. The lowest BCUT2D eigenvalue weighted by Crippen LogP contribution is -1.97. The lowest BCUT2D eigenvalue weighted by molar-refractivity contribution is -0.385. The van der Waals surface area contributed by atoms with Crippen molar-refractivity contribution >= 4 is 5.69 Å². The van der Waals surface area contributed by atoms with Crippen molar-refractivity contribution in [2.45, 2.75) is 39.0 Å². The van der Waals surface area contributed by atoms with Crippen molar-refractivity contribution in [3.05, 3.63) is 33.9 Å². The molecule has 1 aromatic carbocycles. The van der Waals surface area contributed by atoms with Crippen LogP contribution in [0.2, 0.25) is 0 Å². The first kappa shape index (κ1) is 12.5. The number of rotatable bonds is 5. The van der Waals surface area contributed by atoms with Gasteiger partial charge in [0.1, 0.15) is 0 Å². The van der Waals surface area contributed by atoms with Crippen LogP contribution in [0.1, 0.15) is 44.6 Å². The van der Waals surface area contributed by atoms with Gasteiger partial charge in [-0.15, -0.1) is 0 Å². The fourth-order valence-corrected chi connectivity index (χ4v) is 1.76. The highest BCUT2D eigenvalue weighted by Gasteiger charge is 2.19. The van der Waals surface area contributed by atoms with Crippen LogP contribution in [0.3, 0.4) is 0 Å². The maximum Gasteiger partial charge on any atom is 0.310 e. The molecule has 0 fully saturated rings. The number of hydrogen-bond donors (Lipinski definition) is 1. The summed E-state index contributed by atoms with van der Waals surface area (Å²) < 4.78 is 0. The molecule has 1 unspecified atom stereocenters. The van der Waals surface area contributed by atoms with Crippen molar-refractivity contribution in [2.75, 3.05) is 0 Å². The van der Waals surface area contributed by atoms with Gasteiger partial charge in [-0.1, -0.05) is 38.8 Å². The average Bonchev–Trinajstić information content (AvgIpc) is 2.25. The third-order valence-corrected chi connectivity index (χ3v) is 2.76. The van der Waals surface area contributed by atoms with Gasteiger partial charge in [0.15, 0.2) is 5.75 Å². The molecule has 16 heavy (non-hydrogen) atoms. The summed E-state index contributed by atoms with van der Waals surface area (Å²) in [5.74, 6) is -0.0315. The Kier molecular flexibility index (Phi) is 4.28. The van der Waals surface area contributed by atoms with Crippen LogP contribution in [-0.4, -0.2) is 10.0 Å². The zero-order valence-electron chi connectivity index (χ0n) is 9.64. The Morgan fingerprint density at radius 2 is 2.19 bits per heavy atom. The van der Waals surface area contributed by atoms with Gasteiger partial charge in [0.2, 0.25) is 0 Å². The molecular weight excluding hydrogens is 206 g/mol. The number of nitrogens with zero attached hydrogens (tertiary/aromatic N) is 1. The molecule has 0 saturated carbocycles. The number of phenols is 1. The van der Waals surface area contributed by atoms with E-state index < -0.39 is 4.92 Å². The minimum atomic E-state index is -0.550. The van der Waals surface area contributed by atoms with E-state index in [0.29, 0.717) is 5.56 Å². The van der Waals surface area contributed by atoms with Crippen LogP contribution in [-0.2, 0) is 0 Å². The van der Waals surface area contributed by atoms with Gasteiger partial charge in [0, 0.05) is 11.6 Å². The van der Waals surface area contributed by atoms with Crippen molar-refractivity contribution in [2.24, 2.45) is 0 Å². The van der Waals surface area contributed by atoms with E-state index >= 15 is 0 Å². The Balaban J connectivity index is 2.96. The minimum Gasteiger partial charge on any atom is -0.502 e. The number of aromatic hydroxyl groups is 1. The van der Waals surface area contributed by atoms with Gasteiger partial charge in [-0.2, -0.15) is 0 Å². The van der Waals surface area contributed by atoms with E-state index in [0.717, 1.165) is 19.3 Å². The molecule has 0 amide bonds. The fourth-order valence-electron chi connectivity index (χ4n) is 1.76. The van der Waals surface area contributed by atoms with Gasteiger partial charge in [0.05, 0.1) is 4.92 Å². The van der Waals surface area contributed by atoms with Gasteiger partial charge < -0.3 is 5.11 Å². The van der Waals surface area contributed by atoms with Crippen LogP contribution in [0.5, 0.6) is 5.75 Å². The smallest absolute Gasteiger partial charge is 0.310 e. The van der Waals surface area contributed by atoms with E-state index in [1.807, 2.05) is 6.92 Å². The Bertz CT molecular complexity index is 377. The monoisotopic (exact) mass is 223 g/mol. The number of phenolic OH excluding ortho intramolecular Hbond substituents is 1. The predicted octanol–water partition coefficient (Wildman–Crippen LogP) is 3.59. The third-order valence-electron chi connectivity index (χ3n) is 2.76. The van der Waals surface area contributed by atoms with Crippen LogP contribution in [0, 0.1) is 10.1 Å². The Hall–Kier alpha value is -1.58. The summed E-state index contributed by atoms with van der Waals surface area (Å²) in [5.41, 5.74) is 0.462. The van der Waals surface area contributed by atoms with Crippen LogP contribution in [0.4, 0.5) is 5.69 Å². The van der Waals surface area contributed by atoms with E-state index in [1.165, 1.54) is 6.07 Å². The summed E-state index contributed by atoms with van der Waals surface area (Å²) in [5, 5.41) is 20.4. The fraction of sp³-hybridized carbons (Fsp3) is 0.500. The second-order valence-corrected chi connectivity index (χ2v) is 4.02. The molecule has 1 aromatic rings. The largest absolute Gasteiger partial charge is 0.502 e. The number of nitro groups is 1. The SMILES string of the molecule is CCCCC(C)c1cccc([N+](=O)[O-])c1O. The molecule has 0 aliphatic rings. The van der Waals surface area contributed by atoms with Gasteiger partial charge in [-0.25, -0.2) is 0 Å². The van der Waals surface area contributed by atoms with Gasteiger partial charge >= 0.3 is 5.69 Å². The molecule has 0 saturated heterocycles. The van der Waals surface area contributed by atoms with E-state index in [-0.39, 0.29) is 17.4 Å². The molecule has 4 heteroatoms. The van der Waals surface area contributed by atoms with Gasteiger partial charge in [-0.05, 0) is 12.3 Å². The zero-order valence-corrected chi connectivity index (χ0v) is 9.64. The maximum atomic E-state index is 10.7. The Morgan fingerprint density at radius 3 is 2.75 bits per heavy atom. The van der Waals surface area contributed by atoms with Gasteiger partial charge in [0.25, 0.3) is 0 Å². The topological polar surface area (TPSA) is 63.4 Å². The molecule has 1 atom stereocenters.